The van der Waals surface area contributed by atoms with Gasteiger partial charge in [-0.25, -0.2) is 4.79 Å². The second-order valence-corrected chi connectivity index (χ2v) is 5.33. The van der Waals surface area contributed by atoms with Gasteiger partial charge in [0.2, 0.25) is 5.76 Å². The Balaban J connectivity index is 1.67. The van der Waals surface area contributed by atoms with Crippen LogP contribution in [0.3, 0.4) is 0 Å². The van der Waals surface area contributed by atoms with Crippen molar-refractivity contribution < 1.29 is 23.5 Å². The topological polar surface area (TPSA) is 65.7 Å². The number of para-hydroxylation sites is 1. The number of ketones is 1. The van der Waals surface area contributed by atoms with Crippen LogP contribution in [-0.2, 0) is 0 Å². The summed E-state index contributed by atoms with van der Waals surface area (Å²) in [7, 11) is 1.58. The minimum Gasteiger partial charge on any atom is -0.496 e. The number of ether oxygens (including phenoxy) is 2. The highest BCUT2D eigenvalue weighted by atomic mass is 16.5. The summed E-state index contributed by atoms with van der Waals surface area (Å²) in [5, 5.41) is 0. The van der Waals surface area contributed by atoms with E-state index < -0.39 is 5.97 Å². The number of esters is 1. The van der Waals surface area contributed by atoms with Gasteiger partial charge < -0.3 is 13.9 Å². The van der Waals surface area contributed by atoms with Gasteiger partial charge in [0.15, 0.2) is 5.78 Å². The summed E-state index contributed by atoms with van der Waals surface area (Å²) >= 11 is 0. The smallest absolute Gasteiger partial charge is 0.379 e. The molecule has 26 heavy (non-hydrogen) atoms. The average molecular weight is 348 g/mol. The molecular formula is C21H16O5. The van der Waals surface area contributed by atoms with E-state index in [0.717, 1.165) is 5.56 Å². The molecule has 0 saturated carbocycles. The first-order chi connectivity index (χ1) is 12.7. The Labute approximate surface area is 150 Å². The van der Waals surface area contributed by atoms with E-state index in [2.05, 4.69) is 0 Å². The van der Waals surface area contributed by atoms with Gasteiger partial charge in [0.25, 0.3) is 0 Å². The first kappa shape index (κ1) is 17.2. The third kappa shape index (κ3) is 4.08. The fourth-order valence-electron chi connectivity index (χ4n) is 2.31. The maximum absolute atomic E-state index is 12.3. The van der Waals surface area contributed by atoms with Crippen molar-refractivity contribution in [1.29, 1.82) is 0 Å². The molecule has 2 aromatic carbocycles. The number of furan rings is 1. The highest BCUT2D eigenvalue weighted by molar-refractivity contribution is 6.07. The summed E-state index contributed by atoms with van der Waals surface area (Å²) in [6.45, 7) is 0. The summed E-state index contributed by atoms with van der Waals surface area (Å²) in [6.07, 6.45) is 4.57. The van der Waals surface area contributed by atoms with Crippen LogP contribution in [0.5, 0.6) is 11.5 Å². The van der Waals surface area contributed by atoms with Crippen LogP contribution in [0.15, 0.2) is 77.4 Å². The van der Waals surface area contributed by atoms with Crippen molar-refractivity contribution in [3.05, 3.63) is 89.9 Å². The fraction of sp³-hybridized carbons (Fsp3) is 0.0476. The number of rotatable bonds is 6. The SMILES string of the molecule is COc1ccccc1C=CC(=O)c1ccc(OC(=O)c2ccco2)cc1. The van der Waals surface area contributed by atoms with E-state index in [9.17, 15) is 9.59 Å². The number of carbonyl (C=O) groups is 2. The normalized spacial score (nSPS) is 10.7. The number of methoxy groups -OCH3 is 1. The zero-order valence-electron chi connectivity index (χ0n) is 14.0. The highest BCUT2D eigenvalue weighted by Gasteiger charge is 2.11. The van der Waals surface area contributed by atoms with E-state index in [0.29, 0.717) is 17.1 Å². The van der Waals surface area contributed by atoms with Crippen LogP contribution in [0, 0.1) is 0 Å². The quantitative estimate of drug-likeness (QED) is 0.286. The van der Waals surface area contributed by atoms with Gasteiger partial charge in [0, 0.05) is 11.1 Å². The monoisotopic (exact) mass is 348 g/mol. The Hall–Kier alpha value is -3.60. The largest absolute Gasteiger partial charge is 0.496 e. The third-order valence-electron chi connectivity index (χ3n) is 3.62. The standard InChI is InChI=1S/C21H16O5/c1-24-19-6-3-2-5-16(19)10-13-18(22)15-8-11-17(12-9-15)26-21(23)20-7-4-14-25-20/h2-14H,1H3. The van der Waals surface area contributed by atoms with Crippen LogP contribution in [0.1, 0.15) is 26.5 Å². The maximum atomic E-state index is 12.3. The van der Waals surface area contributed by atoms with Crippen molar-refractivity contribution in [3.8, 4) is 11.5 Å². The number of carbonyl (C=O) groups excluding carboxylic acids is 2. The Morgan fingerprint density at radius 1 is 0.962 bits per heavy atom. The van der Waals surface area contributed by atoms with E-state index >= 15 is 0 Å². The van der Waals surface area contributed by atoms with Gasteiger partial charge in [0.1, 0.15) is 11.5 Å². The van der Waals surface area contributed by atoms with Gasteiger partial charge in [-0.2, -0.15) is 0 Å². The lowest BCUT2D eigenvalue weighted by atomic mass is 10.1. The molecule has 0 fully saturated rings. The molecule has 0 unspecified atom stereocenters. The lowest BCUT2D eigenvalue weighted by molar-refractivity contribution is 0.0701. The van der Waals surface area contributed by atoms with E-state index in [1.807, 2.05) is 24.3 Å². The van der Waals surface area contributed by atoms with Crippen molar-refractivity contribution in [3.63, 3.8) is 0 Å². The molecule has 130 valence electrons. The van der Waals surface area contributed by atoms with Gasteiger partial charge >= 0.3 is 5.97 Å². The van der Waals surface area contributed by atoms with E-state index in [-0.39, 0.29) is 11.5 Å². The molecule has 1 heterocycles. The van der Waals surface area contributed by atoms with Crippen LogP contribution >= 0.6 is 0 Å². The number of benzene rings is 2. The van der Waals surface area contributed by atoms with E-state index in [1.165, 1.54) is 18.4 Å². The van der Waals surface area contributed by atoms with Gasteiger partial charge in [0.05, 0.1) is 13.4 Å². The van der Waals surface area contributed by atoms with Gasteiger partial charge in [-0.15, -0.1) is 0 Å². The molecule has 0 aliphatic heterocycles. The average Bonchev–Trinajstić information content (AvgIpc) is 3.22. The maximum Gasteiger partial charge on any atom is 0.379 e. The fourth-order valence-corrected chi connectivity index (χ4v) is 2.31. The van der Waals surface area contributed by atoms with Crippen molar-refractivity contribution >= 4 is 17.8 Å². The molecule has 5 nitrogen and oxygen atoms in total. The minimum atomic E-state index is -0.592. The minimum absolute atomic E-state index is 0.116. The molecule has 3 rings (SSSR count). The Bertz CT molecular complexity index is 921. The van der Waals surface area contributed by atoms with E-state index in [4.69, 9.17) is 13.9 Å². The zero-order chi connectivity index (χ0) is 18.4. The molecule has 0 spiro atoms. The summed E-state index contributed by atoms with van der Waals surface area (Å²) < 4.78 is 15.4. The molecule has 0 radical (unpaired) electrons. The van der Waals surface area contributed by atoms with Crippen LogP contribution in [-0.4, -0.2) is 18.9 Å². The third-order valence-corrected chi connectivity index (χ3v) is 3.62. The molecular weight excluding hydrogens is 332 g/mol. The highest BCUT2D eigenvalue weighted by Crippen LogP contribution is 2.20. The summed E-state index contributed by atoms with van der Waals surface area (Å²) in [4.78, 5) is 24.1. The predicted molar refractivity (Wildman–Crippen MR) is 96.5 cm³/mol. The first-order valence-corrected chi connectivity index (χ1v) is 7.88. The first-order valence-electron chi connectivity index (χ1n) is 7.88. The second kappa shape index (κ2) is 7.98. The number of allylic oxidation sites excluding steroid dienone is 1. The molecule has 0 bridgehead atoms. The Morgan fingerprint density at radius 2 is 1.73 bits per heavy atom. The van der Waals surface area contributed by atoms with Gasteiger partial charge in [-0.1, -0.05) is 18.2 Å². The summed E-state index contributed by atoms with van der Waals surface area (Å²) in [5.41, 5.74) is 1.29. The summed E-state index contributed by atoms with van der Waals surface area (Å²) in [6, 6.07) is 16.9. The van der Waals surface area contributed by atoms with Crippen molar-refractivity contribution in [2.45, 2.75) is 0 Å². The van der Waals surface area contributed by atoms with Gasteiger partial charge in [-0.05, 0) is 54.6 Å². The number of hydrogen-bond donors (Lipinski definition) is 0. The van der Waals surface area contributed by atoms with E-state index in [1.54, 1.807) is 43.5 Å². The molecule has 0 atom stereocenters. The molecule has 0 aliphatic rings. The van der Waals surface area contributed by atoms with Crippen molar-refractivity contribution in [1.82, 2.24) is 0 Å². The van der Waals surface area contributed by atoms with Crippen LogP contribution in [0.25, 0.3) is 6.08 Å². The van der Waals surface area contributed by atoms with Crippen LogP contribution in [0.4, 0.5) is 0 Å². The van der Waals surface area contributed by atoms with Crippen molar-refractivity contribution in [2.75, 3.05) is 7.11 Å². The Morgan fingerprint density at radius 3 is 2.42 bits per heavy atom. The molecule has 3 aromatic rings. The molecule has 0 saturated heterocycles. The predicted octanol–water partition coefficient (Wildman–Crippen LogP) is 4.40. The van der Waals surface area contributed by atoms with Crippen molar-refractivity contribution in [2.24, 2.45) is 0 Å². The lowest BCUT2D eigenvalue weighted by Crippen LogP contribution is -2.07. The number of hydrogen-bond acceptors (Lipinski definition) is 5. The Kier molecular flexibility index (Phi) is 5.29. The van der Waals surface area contributed by atoms with Gasteiger partial charge in [-0.3, -0.25) is 4.79 Å². The van der Waals surface area contributed by atoms with Crippen LogP contribution < -0.4 is 9.47 Å². The molecule has 0 N–H and O–H groups in total. The second-order valence-electron chi connectivity index (χ2n) is 5.33. The molecule has 5 heteroatoms. The molecule has 0 amide bonds. The molecule has 0 aliphatic carbocycles. The summed E-state index contributed by atoms with van der Waals surface area (Å²) in [5.74, 6) is 0.378. The zero-order valence-corrected chi connectivity index (χ0v) is 14.0. The lowest BCUT2D eigenvalue weighted by Gasteiger charge is -2.04. The molecule has 1 aromatic heterocycles. The van der Waals surface area contributed by atoms with Crippen LogP contribution in [0.2, 0.25) is 0 Å².